The van der Waals surface area contributed by atoms with Crippen LogP contribution in [0.25, 0.3) is 5.70 Å². The highest BCUT2D eigenvalue weighted by atomic mass is 16.5. The first-order valence-electron chi connectivity index (χ1n) is 7.83. The first-order valence-corrected chi connectivity index (χ1v) is 7.83. The highest BCUT2D eigenvalue weighted by Gasteiger charge is 2.14. The van der Waals surface area contributed by atoms with Gasteiger partial charge in [-0.2, -0.15) is 0 Å². The van der Waals surface area contributed by atoms with Gasteiger partial charge in [-0.05, 0) is 12.5 Å². The van der Waals surface area contributed by atoms with Crippen LogP contribution in [0.3, 0.4) is 0 Å². The van der Waals surface area contributed by atoms with Gasteiger partial charge in [-0.3, -0.25) is 0 Å². The molecule has 0 atom stereocenters. The average molecular weight is 358 g/mol. The van der Waals surface area contributed by atoms with Crippen molar-refractivity contribution >= 4 is 11.8 Å². The minimum absolute atomic E-state index is 0.0358. The predicted molar refractivity (Wildman–Crippen MR) is 96.1 cm³/mol. The van der Waals surface area contributed by atoms with Crippen LogP contribution in [0.1, 0.15) is 17.0 Å². The smallest absolute Gasteiger partial charge is 0.407 e. The van der Waals surface area contributed by atoms with Gasteiger partial charge in [0.2, 0.25) is 5.88 Å². The normalized spacial score (nSPS) is 11.5. The maximum Gasteiger partial charge on any atom is 0.407 e. The molecule has 0 aliphatic heterocycles. The second kappa shape index (κ2) is 8.67. The van der Waals surface area contributed by atoms with E-state index in [2.05, 4.69) is 15.3 Å². The number of rotatable bonds is 6. The molecule has 9 nitrogen and oxygen atoms in total. The molecule has 2 aromatic rings. The summed E-state index contributed by atoms with van der Waals surface area (Å²) in [6, 6.07) is 9.32. The van der Waals surface area contributed by atoms with Crippen LogP contribution >= 0.6 is 0 Å². The fourth-order valence-electron chi connectivity index (χ4n) is 2.09. The van der Waals surface area contributed by atoms with Gasteiger partial charge in [0.25, 0.3) is 0 Å². The number of ether oxygens (including phenoxy) is 1. The van der Waals surface area contributed by atoms with E-state index >= 15 is 0 Å². The molecule has 2 rings (SSSR count). The second-order valence-electron chi connectivity index (χ2n) is 5.55. The molecule has 1 amide bonds. The minimum Gasteiger partial charge on any atom is -0.492 e. The van der Waals surface area contributed by atoms with Gasteiger partial charge in [0.15, 0.2) is 0 Å². The van der Waals surface area contributed by atoms with Crippen molar-refractivity contribution in [2.75, 3.05) is 13.6 Å². The summed E-state index contributed by atoms with van der Waals surface area (Å²) in [5, 5.41) is 13.3. The molecule has 0 aliphatic rings. The fraction of sp³-hybridized carbons (Fsp3) is 0.235. The Bertz CT molecular complexity index is 792. The molecule has 0 saturated carbocycles. The number of benzene rings is 1. The summed E-state index contributed by atoms with van der Waals surface area (Å²) in [4.78, 5) is 19.8. The van der Waals surface area contributed by atoms with Gasteiger partial charge in [-0.15, -0.1) is 0 Å². The van der Waals surface area contributed by atoms with Gasteiger partial charge in [0.1, 0.15) is 12.3 Å². The molecule has 9 heteroatoms. The maximum atomic E-state index is 11.9. The van der Waals surface area contributed by atoms with Gasteiger partial charge in [0.05, 0.1) is 29.8 Å². The molecule has 0 saturated heterocycles. The van der Waals surface area contributed by atoms with Crippen molar-refractivity contribution in [2.45, 2.75) is 13.5 Å². The monoisotopic (exact) mass is 358 g/mol. The molecule has 26 heavy (non-hydrogen) atoms. The highest BCUT2D eigenvalue weighted by molar-refractivity contribution is 5.69. The molecule has 0 spiro atoms. The summed E-state index contributed by atoms with van der Waals surface area (Å²) in [5.41, 5.74) is 8.29. The highest BCUT2D eigenvalue weighted by Crippen LogP contribution is 2.15. The molecular weight excluding hydrogens is 336 g/mol. The van der Waals surface area contributed by atoms with E-state index in [1.165, 1.54) is 11.2 Å². The zero-order valence-corrected chi connectivity index (χ0v) is 14.6. The van der Waals surface area contributed by atoms with E-state index in [0.717, 1.165) is 5.56 Å². The molecule has 0 aliphatic carbocycles. The summed E-state index contributed by atoms with van der Waals surface area (Å²) in [6.45, 7) is 1.79. The number of aryl methyl sites for hydroxylation is 1. The Morgan fingerprint density at radius 1 is 1.35 bits per heavy atom. The van der Waals surface area contributed by atoms with E-state index in [4.69, 9.17) is 16.3 Å². The number of carbonyl (C=O) groups excluding carboxylic acids is 1. The number of hydrogen-bond acceptors (Lipinski definition) is 8. The Morgan fingerprint density at radius 3 is 2.65 bits per heavy atom. The molecule has 0 unspecified atom stereocenters. The Hall–Kier alpha value is -3.33. The topological polar surface area (TPSA) is 140 Å². The third-order valence-corrected chi connectivity index (χ3v) is 3.55. The largest absolute Gasteiger partial charge is 0.492 e. The van der Waals surface area contributed by atoms with Crippen LogP contribution in [0.4, 0.5) is 4.79 Å². The Morgan fingerprint density at radius 2 is 2.04 bits per heavy atom. The minimum atomic E-state index is -0.603. The second-order valence-corrected chi connectivity index (χ2v) is 5.55. The first kappa shape index (κ1) is 19.0. The van der Waals surface area contributed by atoms with Gasteiger partial charge < -0.3 is 25.9 Å². The molecule has 0 radical (unpaired) electrons. The predicted octanol–water partition coefficient (Wildman–Crippen LogP) is 0.850. The van der Waals surface area contributed by atoms with Crippen LogP contribution < -0.4 is 16.9 Å². The molecular formula is C17H22N6O3. The van der Waals surface area contributed by atoms with Crippen LogP contribution in [0, 0.1) is 6.92 Å². The van der Waals surface area contributed by atoms with Crippen molar-refractivity contribution in [2.24, 2.45) is 11.6 Å². The number of carbonyl (C=O) groups is 1. The Labute approximate surface area is 151 Å². The first-order chi connectivity index (χ1) is 12.4. The van der Waals surface area contributed by atoms with Crippen LogP contribution in [0.2, 0.25) is 0 Å². The van der Waals surface area contributed by atoms with E-state index < -0.39 is 6.09 Å². The van der Waals surface area contributed by atoms with Crippen molar-refractivity contribution in [3.8, 4) is 5.88 Å². The number of likely N-dealkylation sites (N-methyl/N-ethyl adjacent to an activating group) is 1. The number of amides is 1. The van der Waals surface area contributed by atoms with Crippen molar-refractivity contribution in [3.05, 3.63) is 59.2 Å². The van der Waals surface area contributed by atoms with E-state index in [1.807, 2.05) is 30.3 Å². The number of aromatic nitrogens is 2. The zero-order chi connectivity index (χ0) is 19.1. The number of hydrogen-bond donors (Lipinski definition) is 4. The molecule has 1 aromatic carbocycles. The lowest BCUT2D eigenvalue weighted by atomic mass is 10.2. The number of hydrazine groups is 1. The summed E-state index contributed by atoms with van der Waals surface area (Å²) < 4.78 is 5.14. The van der Waals surface area contributed by atoms with Crippen molar-refractivity contribution in [1.29, 1.82) is 0 Å². The van der Waals surface area contributed by atoms with Crippen molar-refractivity contribution in [3.63, 3.8) is 0 Å². The molecule has 1 aromatic heterocycles. The van der Waals surface area contributed by atoms with Crippen LogP contribution in [0.5, 0.6) is 5.88 Å². The summed E-state index contributed by atoms with van der Waals surface area (Å²) in [6.07, 6.45) is 0.725. The van der Waals surface area contributed by atoms with E-state index in [9.17, 15) is 9.90 Å². The Balaban J connectivity index is 2.02. The number of nitrogens with two attached hydrogens (primary N) is 2. The third-order valence-electron chi connectivity index (χ3n) is 3.55. The molecule has 1 heterocycles. The standard InChI is InChI=1S/C17H22N6O3/c1-11-16(24)20-8-13(22-11)15(18)14(23(2)19)9-21-17(25)26-10-12-6-4-3-5-7-12/h3-8H,9-10,18-19H2,1-2H3,(H,20,24)(H,21,25)/b15-14-. The van der Waals surface area contributed by atoms with Crippen molar-refractivity contribution in [1.82, 2.24) is 20.3 Å². The Kier molecular flexibility index (Phi) is 6.34. The number of alkyl carbamates (subject to hydrolysis) is 1. The number of nitrogens with zero attached hydrogens (tertiary/aromatic N) is 3. The summed E-state index contributed by atoms with van der Waals surface area (Å²) >= 11 is 0. The molecule has 0 bridgehead atoms. The van der Waals surface area contributed by atoms with Gasteiger partial charge in [0, 0.05) is 7.05 Å². The SMILES string of the molecule is Cc1nc(/C(N)=C(\CNC(=O)OCc2ccccc2)N(C)N)cnc1O. The van der Waals surface area contributed by atoms with Gasteiger partial charge in [-0.25, -0.2) is 20.6 Å². The van der Waals surface area contributed by atoms with E-state index in [0.29, 0.717) is 17.1 Å². The van der Waals surface area contributed by atoms with E-state index in [1.54, 1.807) is 14.0 Å². The quantitative estimate of drug-likeness (QED) is 0.440. The van der Waals surface area contributed by atoms with Crippen LogP contribution in [0.15, 0.2) is 42.2 Å². The lowest BCUT2D eigenvalue weighted by Crippen LogP contribution is -2.36. The van der Waals surface area contributed by atoms with Crippen molar-refractivity contribution < 1.29 is 14.6 Å². The van der Waals surface area contributed by atoms with E-state index in [-0.39, 0.29) is 24.7 Å². The van der Waals surface area contributed by atoms with Crippen LogP contribution in [-0.4, -0.2) is 39.8 Å². The summed E-state index contributed by atoms with van der Waals surface area (Å²) in [5.74, 6) is 5.63. The average Bonchev–Trinajstić information content (AvgIpc) is 2.62. The third kappa shape index (κ3) is 5.08. The molecule has 0 fully saturated rings. The molecule has 138 valence electrons. The lowest BCUT2D eigenvalue weighted by Gasteiger charge is -2.20. The fourth-order valence-corrected chi connectivity index (χ4v) is 2.09. The summed E-state index contributed by atoms with van der Waals surface area (Å²) in [7, 11) is 1.58. The number of nitrogens with one attached hydrogen (secondary N) is 1. The zero-order valence-electron chi connectivity index (χ0n) is 14.6. The maximum absolute atomic E-state index is 11.9. The molecule has 6 N–H and O–H groups in total. The van der Waals surface area contributed by atoms with Gasteiger partial charge in [-0.1, -0.05) is 30.3 Å². The lowest BCUT2D eigenvalue weighted by molar-refractivity contribution is 0.140. The van der Waals surface area contributed by atoms with Crippen LogP contribution in [-0.2, 0) is 11.3 Å². The number of aromatic hydroxyl groups is 1. The van der Waals surface area contributed by atoms with Gasteiger partial charge >= 0.3 is 6.09 Å².